The highest BCUT2D eigenvalue weighted by molar-refractivity contribution is 5.62. The number of nitrogens with one attached hydrogen (secondary N) is 2. The first-order valence-corrected chi connectivity index (χ1v) is 6.61. The Balaban J connectivity index is 2.14. The molecule has 2 unspecified atom stereocenters. The fourth-order valence-electron chi connectivity index (χ4n) is 2.52. The molecule has 0 spiro atoms. The van der Waals surface area contributed by atoms with Crippen LogP contribution in [-0.2, 0) is 0 Å². The van der Waals surface area contributed by atoms with Crippen LogP contribution in [0.25, 0.3) is 0 Å². The maximum Gasteiger partial charge on any atom is 0.295 e. The van der Waals surface area contributed by atoms with E-state index in [4.69, 9.17) is 0 Å². The van der Waals surface area contributed by atoms with Gasteiger partial charge in [0, 0.05) is 18.2 Å². The minimum atomic E-state index is -1.20. The van der Waals surface area contributed by atoms with Crippen LogP contribution in [0.15, 0.2) is 12.1 Å². The SMILES string of the molecule is CC(CC1CCCN1)Nc1c([N+](=O)[O-])ccc(F)c1F. The number of halogens is 2. The van der Waals surface area contributed by atoms with Crippen LogP contribution in [0.1, 0.15) is 26.2 Å². The second kappa shape index (κ2) is 6.13. The topological polar surface area (TPSA) is 67.2 Å². The summed E-state index contributed by atoms with van der Waals surface area (Å²) in [5.74, 6) is -2.30. The highest BCUT2D eigenvalue weighted by Gasteiger charge is 2.24. The molecule has 1 fully saturated rings. The molecule has 2 rings (SSSR count). The van der Waals surface area contributed by atoms with Crippen LogP contribution >= 0.6 is 0 Å². The fourth-order valence-corrected chi connectivity index (χ4v) is 2.52. The Bertz CT molecular complexity index is 505. The molecular weight excluding hydrogens is 268 g/mol. The quantitative estimate of drug-likeness (QED) is 0.645. The Morgan fingerprint density at radius 3 is 2.90 bits per heavy atom. The summed E-state index contributed by atoms with van der Waals surface area (Å²) >= 11 is 0. The number of nitrogens with zero attached hydrogens (tertiary/aromatic N) is 1. The summed E-state index contributed by atoms with van der Waals surface area (Å²) in [5.41, 5.74) is -0.823. The molecule has 110 valence electrons. The van der Waals surface area contributed by atoms with Gasteiger partial charge >= 0.3 is 0 Å². The Hall–Kier alpha value is -1.76. The summed E-state index contributed by atoms with van der Waals surface area (Å²) in [4.78, 5) is 10.2. The molecule has 2 N–H and O–H groups in total. The number of hydrogen-bond donors (Lipinski definition) is 2. The van der Waals surface area contributed by atoms with Crippen LogP contribution in [0.5, 0.6) is 0 Å². The van der Waals surface area contributed by atoms with Gasteiger partial charge in [-0.2, -0.15) is 0 Å². The maximum absolute atomic E-state index is 13.7. The van der Waals surface area contributed by atoms with Gasteiger partial charge in [-0.25, -0.2) is 8.78 Å². The Morgan fingerprint density at radius 2 is 2.30 bits per heavy atom. The summed E-state index contributed by atoms with van der Waals surface area (Å²) in [7, 11) is 0. The molecular formula is C13H17F2N3O2. The van der Waals surface area contributed by atoms with Crippen molar-refractivity contribution in [1.82, 2.24) is 5.32 Å². The lowest BCUT2D eigenvalue weighted by molar-refractivity contribution is -0.384. The van der Waals surface area contributed by atoms with Crippen molar-refractivity contribution in [3.05, 3.63) is 33.9 Å². The summed E-state index contributed by atoms with van der Waals surface area (Å²) in [5, 5.41) is 16.9. The summed E-state index contributed by atoms with van der Waals surface area (Å²) in [6, 6.07) is 1.86. The molecule has 1 aliphatic rings. The Labute approximate surface area is 115 Å². The van der Waals surface area contributed by atoms with E-state index in [-0.39, 0.29) is 11.7 Å². The lowest BCUT2D eigenvalue weighted by atomic mass is 10.1. The van der Waals surface area contributed by atoms with Crippen molar-refractivity contribution in [2.45, 2.75) is 38.3 Å². The Morgan fingerprint density at radius 1 is 1.55 bits per heavy atom. The van der Waals surface area contributed by atoms with Crippen molar-refractivity contribution in [3.8, 4) is 0 Å². The predicted octanol–water partition coefficient (Wildman–Crippen LogP) is 2.82. The Kier molecular flexibility index (Phi) is 4.49. The van der Waals surface area contributed by atoms with E-state index in [1.807, 2.05) is 0 Å². The van der Waals surface area contributed by atoms with Crippen molar-refractivity contribution in [1.29, 1.82) is 0 Å². The predicted molar refractivity (Wildman–Crippen MR) is 71.7 cm³/mol. The highest BCUT2D eigenvalue weighted by Crippen LogP contribution is 2.30. The fraction of sp³-hybridized carbons (Fsp3) is 0.538. The second-order valence-corrected chi connectivity index (χ2v) is 5.09. The second-order valence-electron chi connectivity index (χ2n) is 5.09. The molecule has 1 aromatic rings. The van der Waals surface area contributed by atoms with Crippen molar-refractivity contribution >= 4 is 11.4 Å². The molecule has 1 saturated heterocycles. The summed E-state index contributed by atoms with van der Waals surface area (Å²) in [6.45, 7) is 2.75. The lowest BCUT2D eigenvalue weighted by Gasteiger charge is -2.19. The zero-order chi connectivity index (χ0) is 14.7. The van der Waals surface area contributed by atoms with Gasteiger partial charge in [0.2, 0.25) is 0 Å². The van der Waals surface area contributed by atoms with Gasteiger partial charge in [0.1, 0.15) is 0 Å². The highest BCUT2D eigenvalue weighted by atomic mass is 19.2. The van der Waals surface area contributed by atoms with Crippen LogP contribution in [0.3, 0.4) is 0 Å². The molecule has 0 bridgehead atoms. The molecule has 0 aliphatic carbocycles. The van der Waals surface area contributed by atoms with E-state index in [9.17, 15) is 18.9 Å². The molecule has 0 amide bonds. The van der Waals surface area contributed by atoms with Gasteiger partial charge in [0.05, 0.1) is 4.92 Å². The lowest BCUT2D eigenvalue weighted by Crippen LogP contribution is -2.29. The van der Waals surface area contributed by atoms with Gasteiger partial charge in [-0.15, -0.1) is 0 Å². The van der Waals surface area contributed by atoms with Crippen molar-refractivity contribution in [2.24, 2.45) is 0 Å². The van der Waals surface area contributed by atoms with E-state index in [1.54, 1.807) is 6.92 Å². The normalized spacial score (nSPS) is 19.9. The van der Waals surface area contributed by atoms with Crippen LogP contribution in [0.4, 0.5) is 20.2 Å². The molecule has 7 heteroatoms. The molecule has 0 aromatic heterocycles. The number of nitro benzene ring substituents is 1. The summed E-state index contributed by atoms with van der Waals surface area (Å²) < 4.78 is 27.0. The average Bonchev–Trinajstić information content (AvgIpc) is 2.87. The first kappa shape index (κ1) is 14.6. The molecule has 5 nitrogen and oxygen atoms in total. The van der Waals surface area contributed by atoms with Crippen LogP contribution in [0.2, 0.25) is 0 Å². The average molecular weight is 285 g/mol. The van der Waals surface area contributed by atoms with E-state index < -0.39 is 22.2 Å². The molecule has 1 aromatic carbocycles. The monoisotopic (exact) mass is 285 g/mol. The molecule has 2 atom stereocenters. The molecule has 0 saturated carbocycles. The number of hydrogen-bond acceptors (Lipinski definition) is 4. The molecule has 1 aliphatic heterocycles. The van der Waals surface area contributed by atoms with Crippen LogP contribution in [0, 0.1) is 21.7 Å². The van der Waals surface area contributed by atoms with E-state index in [1.165, 1.54) is 0 Å². The molecule has 20 heavy (non-hydrogen) atoms. The van der Waals surface area contributed by atoms with E-state index in [2.05, 4.69) is 10.6 Å². The van der Waals surface area contributed by atoms with Gasteiger partial charge < -0.3 is 10.6 Å². The smallest absolute Gasteiger partial charge is 0.295 e. The molecule has 1 heterocycles. The minimum Gasteiger partial charge on any atom is -0.374 e. The van der Waals surface area contributed by atoms with Crippen LogP contribution in [-0.4, -0.2) is 23.6 Å². The van der Waals surface area contributed by atoms with Crippen molar-refractivity contribution in [3.63, 3.8) is 0 Å². The maximum atomic E-state index is 13.7. The first-order valence-electron chi connectivity index (χ1n) is 6.61. The van der Waals surface area contributed by atoms with E-state index >= 15 is 0 Å². The standard InChI is InChI=1S/C13H17F2N3O2/c1-8(7-9-3-2-6-16-9)17-13-11(18(19)20)5-4-10(14)12(13)15/h4-5,8-9,16-17H,2-3,6-7H2,1H3. The number of anilines is 1. The number of benzene rings is 1. The summed E-state index contributed by atoms with van der Waals surface area (Å²) in [6.07, 6.45) is 2.82. The zero-order valence-electron chi connectivity index (χ0n) is 11.2. The first-order chi connectivity index (χ1) is 9.49. The molecule has 0 radical (unpaired) electrons. The van der Waals surface area contributed by atoms with Crippen molar-refractivity contribution in [2.75, 3.05) is 11.9 Å². The minimum absolute atomic E-state index is 0.194. The number of nitro groups is 1. The van der Waals surface area contributed by atoms with Gasteiger partial charge in [-0.3, -0.25) is 10.1 Å². The van der Waals surface area contributed by atoms with Gasteiger partial charge in [0.15, 0.2) is 17.3 Å². The third kappa shape index (κ3) is 3.22. The van der Waals surface area contributed by atoms with Gasteiger partial charge in [-0.1, -0.05) is 0 Å². The zero-order valence-corrected chi connectivity index (χ0v) is 11.2. The van der Waals surface area contributed by atoms with Gasteiger partial charge in [0.25, 0.3) is 5.69 Å². The van der Waals surface area contributed by atoms with Crippen molar-refractivity contribution < 1.29 is 13.7 Å². The number of rotatable bonds is 5. The third-order valence-corrected chi connectivity index (χ3v) is 3.46. The largest absolute Gasteiger partial charge is 0.374 e. The van der Waals surface area contributed by atoms with E-state index in [0.29, 0.717) is 12.5 Å². The third-order valence-electron chi connectivity index (χ3n) is 3.46. The van der Waals surface area contributed by atoms with E-state index in [0.717, 1.165) is 31.5 Å². The van der Waals surface area contributed by atoms with Crippen LogP contribution < -0.4 is 10.6 Å². The van der Waals surface area contributed by atoms with Gasteiger partial charge in [-0.05, 0) is 38.8 Å².